The van der Waals surface area contributed by atoms with Gasteiger partial charge in [-0.3, -0.25) is 52.9 Å². The number of imidazole rings is 2. The molecule has 2 fully saturated rings. The van der Waals surface area contributed by atoms with Crippen LogP contribution in [0.1, 0.15) is 53.7 Å². The molecular formula is C28H27BrN6O7W2. The van der Waals surface area contributed by atoms with Gasteiger partial charge in [-0.1, -0.05) is 34.1 Å². The Kier molecular flexibility index (Phi) is 11.4. The summed E-state index contributed by atoms with van der Waals surface area (Å²) in [6.07, 6.45) is 1.73. The number of carbonyl (C=O) groups excluding carboxylic acids is 5. The van der Waals surface area contributed by atoms with E-state index in [1.165, 1.54) is 13.7 Å². The number of nitrogens with zero attached hydrogens (tertiary/aromatic N) is 4. The van der Waals surface area contributed by atoms with Crippen LogP contribution in [0.4, 0.5) is 0 Å². The van der Waals surface area contributed by atoms with Gasteiger partial charge in [0, 0.05) is 80.0 Å². The molecule has 0 saturated carbocycles. The van der Waals surface area contributed by atoms with Crippen LogP contribution in [0.2, 0.25) is 0 Å². The van der Waals surface area contributed by atoms with E-state index in [0.717, 1.165) is 11.1 Å². The smallest absolute Gasteiger partial charge is 0.298 e. The maximum Gasteiger partial charge on any atom is 0.329 e. The molecule has 0 radical (unpaired) electrons. The van der Waals surface area contributed by atoms with E-state index in [4.69, 9.17) is 0 Å². The molecule has 16 heteroatoms. The predicted molar refractivity (Wildman–Crippen MR) is 155 cm³/mol. The fourth-order valence-corrected chi connectivity index (χ4v) is 6.10. The molecule has 2 atom stereocenters. The number of rotatable bonds is 4. The van der Waals surface area contributed by atoms with Crippen LogP contribution in [0, 0.1) is 0 Å². The van der Waals surface area contributed by atoms with E-state index in [2.05, 4.69) is 26.6 Å². The summed E-state index contributed by atoms with van der Waals surface area (Å²) in [6, 6.07) is 9.22. The van der Waals surface area contributed by atoms with Crippen molar-refractivity contribution >= 4 is 67.9 Å². The molecule has 0 spiro atoms. The average Bonchev–Trinajstić information content (AvgIpc) is 3.38. The first kappa shape index (κ1) is 35.3. The fraction of sp³-hybridized carbons (Fsp3) is 0.321. The number of benzene rings is 2. The van der Waals surface area contributed by atoms with E-state index in [-0.39, 0.29) is 84.6 Å². The molecule has 2 aliphatic rings. The van der Waals surface area contributed by atoms with Crippen molar-refractivity contribution < 1.29 is 66.1 Å². The standard InChI is InChI=1S/C14H14BrN3O3.C14H13N3O4.2W/c1-17-12-8(7-15)3-2-4-9(12)18(14(17)21)10-5-6-11(19)16-13(10)20;1-16-12-8(7-18)3-2-4-9(12)17(14(16)21)10-5-6-11(19)15-13(10)20;;/h2-4,10H,5-7H2,1H3,(H,16,19,20);2-4,7,10H,5-6H2,1H3,(H,15,19,20);;. The topological polar surface area (TPSA) is 163 Å². The summed E-state index contributed by atoms with van der Waals surface area (Å²) in [5.74, 6) is -1.52. The third kappa shape index (κ3) is 6.16. The SMILES string of the molecule is Cn1c(=O)n(C2CCC(=O)NC2=O)c2cccc(C=O)c21.Cn1c(=O)n(C2CCC(=O)NC2=O)c2cccc(CBr)c21.[W].[W]. The molecule has 2 N–H and O–H groups in total. The average molecular weight is 1010 g/mol. The van der Waals surface area contributed by atoms with Gasteiger partial charge in [-0.15, -0.1) is 0 Å². The summed E-state index contributed by atoms with van der Waals surface area (Å²) >= 11 is 3.41. The molecule has 230 valence electrons. The van der Waals surface area contributed by atoms with Crippen molar-refractivity contribution in [3.8, 4) is 0 Å². The van der Waals surface area contributed by atoms with Crippen molar-refractivity contribution in [1.29, 1.82) is 0 Å². The second-order valence-corrected chi connectivity index (χ2v) is 10.7. The molecule has 4 amide bonds. The first-order valence-corrected chi connectivity index (χ1v) is 14.3. The molecule has 0 bridgehead atoms. The van der Waals surface area contributed by atoms with E-state index < -0.39 is 23.9 Å². The van der Waals surface area contributed by atoms with Crippen molar-refractivity contribution in [3.05, 3.63) is 68.5 Å². The van der Waals surface area contributed by atoms with Gasteiger partial charge in [-0.25, -0.2) is 9.59 Å². The van der Waals surface area contributed by atoms with Crippen LogP contribution in [0.25, 0.3) is 22.1 Å². The Morgan fingerprint density at radius 2 is 1.20 bits per heavy atom. The van der Waals surface area contributed by atoms with Gasteiger partial charge in [0.05, 0.1) is 22.1 Å². The minimum Gasteiger partial charge on any atom is -0.298 e. The van der Waals surface area contributed by atoms with E-state index in [1.807, 2.05) is 18.2 Å². The third-order valence-corrected chi connectivity index (χ3v) is 8.24. The first-order chi connectivity index (χ1) is 20.1. The number of carbonyl (C=O) groups is 5. The maximum atomic E-state index is 12.5. The molecule has 6 rings (SSSR count). The van der Waals surface area contributed by atoms with Crippen molar-refractivity contribution in [2.45, 2.75) is 43.1 Å². The molecule has 0 aliphatic carbocycles. The van der Waals surface area contributed by atoms with E-state index >= 15 is 0 Å². The molecular weight excluding hydrogens is 980 g/mol. The Morgan fingerprint density at radius 3 is 1.66 bits per heavy atom. The largest absolute Gasteiger partial charge is 0.329 e. The second kappa shape index (κ2) is 14.3. The van der Waals surface area contributed by atoms with Gasteiger partial charge < -0.3 is 0 Å². The van der Waals surface area contributed by atoms with Crippen LogP contribution in [0.5, 0.6) is 0 Å². The number of fused-ring (bicyclic) bond motifs is 2. The number of halogens is 1. The van der Waals surface area contributed by atoms with Crippen LogP contribution in [-0.2, 0) is 80.7 Å². The molecule has 2 aromatic carbocycles. The van der Waals surface area contributed by atoms with Gasteiger partial charge in [0.2, 0.25) is 23.6 Å². The quantitative estimate of drug-likeness (QED) is 0.177. The van der Waals surface area contributed by atoms with Gasteiger partial charge in [0.25, 0.3) is 0 Å². The first-order valence-electron chi connectivity index (χ1n) is 13.2. The van der Waals surface area contributed by atoms with Crippen LogP contribution < -0.4 is 22.0 Å². The zero-order valence-electron chi connectivity index (χ0n) is 23.6. The summed E-state index contributed by atoms with van der Waals surface area (Å²) in [5, 5.41) is 5.16. The number of piperidine rings is 2. The number of aromatic nitrogens is 4. The van der Waals surface area contributed by atoms with Gasteiger partial charge >= 0.3 is 11.4 Å². The maximum absolute atomic E-state index is 12.5. The molecule has 44 heavy (non-hydrogen) atoms. The minimum absolute atomic E-state index is 0. The van der Waals surface area contributed by atoms with Crippen LogP contribution in [0.15, 0.2) is 46.0 Å². The van der Waals surface area contributed by atoms with E-state index in [9.17, 15) is 33.6 Å². The molecule has 2 unspecified atom stereocenters. The van der Waals surface area contributed by atoms with Gasteiger partial charge in [0.15, 0.2) is 6.29 Å². The minimum atomic E-state index is -0.735. The Labute approximate surface area is 287 Å². The summed E-state index contributed by atoms with van der Waals surface area (Å²) in [5.41, 5.74) is 3.28. The summed E-state index contributed by atoms with van der Waals surface area (Å²) in [7, 11) is 3.25. The Bertz CT molecular complexity index is 1930. The number of hydrogen-bond donors (Lipinski definition) is 2. The zero-order valence-corrected chi connectivity index (χ0v) is 31.0. The predicted octanol–water partition coefficient (Wildman–Crippen LogP) is 1.34. The van der Waals surface area contributed by atoms with Crippen molar-refractivity contribution in [1.82, 2.24) is 28.9 Å². The Morgan fingerprint density at radius 1 is 0.750 bits per heavy atom. The Hall–Kier alpha value is -3.21. The molecule has 2 aliphatic heterocycles. The van der Waals surface area contributed by atoms with Crippen LogP contribution in [-0.4, -0.2) is 48.2 Å². The fourth-order valence-electron chi connectivity index (χ4n) is 5.65. The van der Waals surface area contributed by atoms with Gasteiger partial charge in [-0.05, 0) is 36.6 Å². The van der Waals surface area contributed by atoms with E-state index in [1.54, 1.807) is 36.9 Å². The summed E-state index contributed by atoms with van der Waals surface area (Å²) in [4.78, 5) is 82.6. The number of aryl methyl sites for hydroxylation is 2. The second-order valence-electron chi connectivity index (χ2n) is 10.1. The molecule has 2 saturated heterocycles. The zero-order chi connectivity index (χ0) is 30.3. The molecule has 13 nitrogen and oxygen atoms in total. The molecule has 2 aromatic heterocycles. The number of aldehydes is 1. The number of para-hydroxylation sites is 2. The van der Waals surface area contributed by atoms with Gasteiger partial charge in [0.1, 0.15) is 12.1 Å². The number of alkyl halides is 1. The number of imide groups is 2. The summed E-state index contributed by atoms with van der Waals surface area (Å²) < 4.78 is 5.74. The van der Waals surface area contributed by atoms with Crippen molar-refractivity contribution in [3.63, 3.8) is 0 Å². The monoisotopic (exact) mass is 1010 g/mol. The molecule has 4 heterocycles. The van der Waals surface area contributed by atoms with Crippen molar-refractivity contribution in [2.24, 2.45) is 14.1 Å². The van der Waals surface area contributed by atoms with Crippen LogP contribution >= 0.6 is 15.9 Å². The normalized spacial score (nSPS) is 18.1. The van der Waals surface area contributed by atoms with Crippen LogP contribution in [0.3, 0.4) is 0 Å². The van der Waals surface area contributed by atoms with E-state index in [0.29, 0.717) is 40.2 Å². The number of amides is 4. The summed E-state index contributed by atoms with van der Waals surface area (Å²) in [6.45, 7) is 0. The number of hydrogen-bond acceptors (Lipinski definition) is 7. The van der Waals surface area contributed by atoms with Gasteiger partial charge in [-0.2, -0.15) is 0 Å². The third-order valence-electron chi connectivity index (χ3n) is 7.63. The number of nitrogens with one attached hydrogen (secondary N) is 2. The van der Waals surface area contributed by atoms with Crippen molar-refractivity contribution in [2.75, 3.05) is 0 Å². The Balaban J connectivity index is 0.000000230. The molecule has 4 aromatic rings.